The molecule has 3 unspecified atom stereocenters. The van der Waals surface area contributed by atoms with Crippen LogP contribution >= 0.6 is 0 Å². The number of aliphatic carboxylic acids is 1. The van der Waals surface area contributed by atoms with Gasteiger partial charge in [-0.1, -0.05) is 34.1 Å². The van der Waals surface area contributed by atoms with Gasteiger partial charge in [0.1, 0.15) is 6.04 Å². The second-order valence-corrected chi connectivity index (χ2v) is 7.65. The van der Waals surface area contributed by atoms with Crippen molar-refractivity contribution >= 4 is 12.0 Å². The number of rotatable bonds is 5. The van der Waals surface area contributed by atoms with E-state index in [-0.39, 0.29) is 22.9 Å². The van der Waals surface area contributed by atoms with E-state index in [2.05, 4.69) is 31.4 Å². The number of carbonyl (C=O) groups excluding carboxylic acids is 1. The summed E-state index contributed by atoms with van der Waals surface area (Å²) in [7, 11) is 0. The van der Waals surface area contributed by atoms with Crippen molar-refractivity contribution in [1.29, 1.82) is 0 Å². The quantitative estimate of drug-likeness (QED) is 0.730. The molecule has 0 spiro atoms. The normalized spacial score (nSPS) is 34.5. The van der Waals surface area contributed by atoms with Crippen LogP contribution in [0.2, 0.25) is 0 Å². The number of carboxylic acid groups (broad SMARTS) is 1. The van der Waals surface area contributed by atoms with E-state index in [9.17, 15) is 9.59 Å². The second-order valence-electron chi connectivity index (χ2n) is 7.65. The molecule has 2 aliphatic rings. The van der Waals surface area contributed by atoms with Crippen molar-refractivity contribution in [2.24, 2.45) is 16.7 Å². The van der Waals surface area contributed by atoms with Crippen LogP contribution < -0.4 is 10.6 Å². The lowest BCUT2D eigenvalue weighted by Gasteiger charge is -2.43. The highest BCUT2D eigenvalue weighted by Gasteiger charge is 2.59. The molecular formula is C16H28N2O3. The van der Waals surface area contributed by atoms with Gasteiger partial charge in [-0.2, -0.15) is 0 Å². The largest absolute Gasteiger partial charge is 0.480 e. The molecule has 0 aromatic rings. The molecule has 2 saturated carbocycles. The molecule has 0 radical (unpaired) electrons. The van der Waals surface area contributed by atoms with Crippen molar-refractivity contribution in [3.8, 4) is 0 Å². The number of carbonyl (C=O) groups is 2. The minimum Gasteiger partial charge on any atom is -0.480 e. The maximum Gasteiger partial charge on any atom is 0.326 e. The third kappa shape index (κ3) is 2.87. The smallest absolute Gasteiger partial charge is 0.326 e. The number of carboxylic acids is 1. The Morgan fingerprint density at radius 2 is 2.00 bits per heavy atom. The molecule has 120 valence electrons. The molecule has 0 aliphatic heterocycles. The highest BCUT2D eigenvalue weighted by atomic mass is 16.4. The zero-order chi connectivity index (χ0) is 15.8. The van der Waals surface area contributed by atoms with Gasteiger partial charge in [0.25, 0.3) is 0 Å². The number of hydrogen-bond acceptors (Lipinski definition) is 2. The van der Waals surface area contributed by atoms with Crippen LogP contribution in [0.5, 0.6) is 0 Å². The third-order valence-electron chi connectivity index (χ3n) is 5.73. The molecule has 2 amide bonds. The Balaban J connectivity index is 2.01. The Kier molecular flexibility index (Phi) is 4.22. The molecule has 0 aromatic heterocycles. The molecule has 3 N–H and O–H groups in total. The fourth-order valence-corrected chi connectivity index (χ4v) is 4.54. The van der Waals surface area contributed by atoms with Crippen LogP contribution in [-0.4, -0.2) is 29.2 Å². The van der Waals surface area contributed by atoms with Gasteiger partial charge in [-0.25, -0.2) is 9.59 Å². The van der Waals surface area contributed by atoms with E-state index < -0.39 is 12.0 Å². The minimum atomic E-state index is -0.967. The molecule has 2 fully saturated rings. The van der Waals surface area contributed by atoms with Crippen molar-refractivity contribution in [3.05, 3.63) is 0 Å². The third-order valence-corrected chi connectivity index (χ3v) is 5.73. The average Bonchev–Trinajstić information content (AvgIpc) is 2.85. The summed E-state index contributed by atoms with van der Waals surface area (Å²) in [6.45, 7) is 8.59. The summed E-state index contributed by atoms with van der Waals surface area (Å²) in [5, 5.41) is 14.8. The Labute approximate surface area is 126 Å². The van der Waals surface area contributed by atoms with E-state index in [0.717, 1.165) is 19.3 Å². The van der Waals surface area contributed by atoms with Crippen LogP contribution in [0, 0.1) is 16.7 Å². The summed E-state index contributed by atoms with van der Waals surface area (Å²) in [5.41, 5.74) is 0.225. The minimum absolute atomic E-state index is 0.0772. The van der Waals surface area contributed by atoms with E-state index in [1.807, 2.05) is 6.92 Å². The standard InChI is InChI=1S/C16H28N2O3/c1-5-6-11(12(19)20)17-14(21)18-13-15(2,3)10-7-8-16(13,4)9-10/h10-11,13H,5-9H2,1-4H3,(H,19,20)(H2,17,18,21)/t10?,11-,13?,16?/m1/s1. The molecule has 2 rings (SSSR count). The van der Waals surface area contributed by atoms with E-state index in [1.165, 1.54) is 6.42 Å². The fourth-order valence-electron chi connectivity index (χ4n) is 4.54. The first-order chi connectivity index (χ1) is 9.70. The predicted octanol–water partition coefficient (Wildman–Crippen LogP) is 2.75. The zero-order valence-electron chi connectivity index (χ0n) is 13.5. The van der Waals surface area contributed by atoms with Gasteiger partial charge in [0.05, 0.1) is 0 Å². The van der Waals surface area contributed by atoms with Crippen LogP contribution in [-0.2, 0) is 4.79 Å². The Hall–Kier alpha value is -1.26. The van der Waals surface area contributed by atoms with Gasteiger partial charge in [-0.3, -0.25) is 0 Å². The van der Waals surface area contributed by atoms with Crippen molar-refractivity contribution < 1.29 is 14.7 Å². The maximum atomic E-state index is 12.2. The molecule has 0 aromatic carbocycles. The van der Waals surface area contributed by atoms with Gasteiger partial charge in [-0.05, 0) is 42.4 Å². The summed E-state index contributed by atoms with van der Waals surface area (Å²) < 4.78 is 0. The monoisotopic (exact) mass is 296 g/mol. The van der Waals surface area contributed by atoms with Crippen LogP contribution in [0.25, 0.3) is 0 Å². The van der Waals surface area contributed by atoms with Gasteiger partial charge in [0.2, 0.25) is 0 Å². The molecule has 2 bridgehead atoms. The Bertz CT molecular complexity index is 430. The van der Waals surface area contributed by atoms with Crippen molar-refractivity contribution in [2.75, 3.05) is 0 Å². The van der Waals surface area contributed by atoms with Crippen molar-refractivity contribution in [2.45, 2.75) is 71.9 Å². The van der Waals surface area contributed by atoms with Crippen LogP contribution in [0.15, 0.2) is 0 Å². The summed E-state index contributed by atoms with van der Waals surface area (Å²) in [6, 6.07) is -1.04. The highest BCUT2D eigenvalue weighted by Crippen LogP contribution is 2.62. The van der Waals surface area contributed by atoms with E-state index in [0.29, 0.717) is 12.3 Å². The van der Waals surface area contributed by atoms with E-state index in [4.69, 9.17) is 5.11 Å². The molecule has 5 nitrogen and oxygen atoms in total. The average molecular weight is 296 g/mol. The lowest BCUT2D eigenvalue weighted by Crippen LogP contribution is -2.57. The van der Waals surface area contributed by atoms with Crippen LogP contribution in [0.4, 0.5) is 4.79 Å². The van der Waals surface area contributed by atoms with Gasteiger partial charge >= 0.3 is 12.0 Å². The van der Waals surface area contributed by atoms with E-state index >= 15 is 0 Å². The van der Waals surface area contributed by atoms with Crippen molar-refractivity contribution in [3.63, 3.8) is 0 Å². The summed E-state index contributed by atoms with van der Waals surface area (Å²) in [5.74, 6) is -0.316. The van der Waals surface area contributed by atoms with Crippen LogP contribution in [0.1, 0.15) is 59.8 Å². The number of hydrogen-bond donors (Lipinski definition) is 3. The number of fused-ring (bicyclic) bond motifs is 2. The highest BCUT2D eigenvalue weighted by molar-refractivity contribution is 5.82. The molecule has 21 heavy (non-hydrogen) atoms. The van der Waals surface area contributed by atoms with Gasteiger partial charge in [-0.15, -0.1) is 0 Å². The lowest BCUT2D eigenvalue weighted by molar-refractivity contribution is -0.139. The molecule has 0 heterocycles. The summed E-state index contributed by atoms with van der Waals surface area (Å²) in [6.07, 6.45) is 4.71. The van der Waals surface area contributed by atoms with Crippen LogP contribution in [0.3, 0.4) is 0 Å². The SMILES string of the molecule is CCC[C@@H](NC(=O)NC1C2(C)CCC(C2)C1(C)C)C(=O)O. The summed E-state index contributed by atoms with van der Waals surface area (Å²) in [4.78, 5) is 23.3. The molecule has 0 saturated heterocycles. The number of nitrogens with one attached hydrogen (secondary N) is 2. The first-order valence-corrected chi connectivity index (χ1v) is 8.00. The van der Waals surface area contributed by atoms with Crippen molar-refractivity contribution in [1.82, 2.24) is 10.6 Å². The van der Waals surface area contributed by atoms with Gasteiger partial charge in [0.15, 0.2) is 0 Å². The van der Waals surface area contributed by atoms with E-state index in [1.54, 1.807) is 0 Å². The first kappa shape index (κ1) is 16.1. The molecular weight excluding hydrogens is 268 g/mol. The van der Waals surface area contributed by atoms with Gasteiger partial charge in [0, 0.05) is 6.04 Å². The number of amides is 2. The Morgan fingerprint density at radius 3 is 2.48 bits per heavy atom. The van der Waals surface area contributed by atoms with Gasteiger partial charge < -0.3 is 15.7 Å². The first-order valence-electron chi connectivity index (χ1n) is 8.00. The molecule has 2 aliphatic carbocycles. The zero-order valence-corrected chi connectivity index (χ0v) is 13.5. The Morgan fingerprint density at radius 1 is 1.33 bits per heavy atom. The predicted molar refractivity (Wildman–Crippen MR) is 81.0 cm³/mol. The molecule has 4 atom stereocenters. The second kappa shape index (κ2) is 5.50. The maximum absolute atomic E-state index is 12.2. The topological polar surface area (TPSA) is 78.4 Å². The lowest BCUT2D eigenvalue weighted by atomic mass is 9.68. The fraction of sp³-hybridized carbons (Fsp3) is 0.875. The number of urea groups is 1. The summed E-state index contributed by atoms with van der Waals surface area (Å²) >= 11 is 0. The molecule has 5 heteroatoms.